The number of nitrogens with zero attached hydrogens (tertiary/aromatic N) is 3. The lowest BCUT2D eigenvalue weighted by Gasteiger charge is -1.83. The molecule has 0 saturated heterocycles. The van der Waals surface area contributed by atoms with Gasteiger partial charge in [0.15, 0.2) is 5.65 Å². The largest absolute Gasteiger partial charge is 0.394 e. The summed E-state index contributed by atoms with van der Waals surface area (Å²) in [6.45, 7) is 3.72. The zero-order chi connectivity index (χ0) is 8.01. The van der Waals surface area contributed by atoms with Crippen molar-refractivity contribution < 1.29 is 0 Å². The van der Waals surface area contributed by atoms with Crippen LogP contribution >= 0.6 is 0 Å². The summed E-state index contributed by atoms with van der Waals surface area (Å²) in [5, 5.41) is 7.03. The van der Waals surface area contributed by atoms with Crippen LogP contribution in [0.25, 0.3) is 5.65 Å². The minimum Gasteiger partial charge on any atom is -0.394 e. The van der Waals surface area contributed by atoms with E-state index in [1.165, 1.54) is 0 Å². The van der Waals surface area contributed by atoms with Gasteiger partial charge in [-0.05, 0) is 13.8 Å². The van der Waals surface area contributed by atoms with Crippen molar-refractivity contribution in [1.82, 2.24) is 19.8 Å². The van der Waals surface area contributed by atoms with Crippen molar-refractivity contribution in [2.75, 3.05) is 5.73 Å². The summed E-state index contributed by atoms with van der Waals surface area (Å²) in [4.78, 5) is 4.13. The molecule has 3 N–H and O–H groups in total. The van der Waals surface area contributed by atoms with Crippen molar-refractivity contribution in [3.63, 3.8) is 0 Å². The molecule has 0 aliphatic carbocycles. The average Bonchev–Trinajstić information content (AvgIpc) is 2.37. The molecule has 0 amide bonds. The monoisotopic (exact) mass is 151 g/mol. The number of anilines is 1. The molecule has 0 aromatic carbocycles. The maximum atomic E-state index is 5.70. The van der Waals surface area contributed by atoms with Crippen LogP contribution in [0, 0.1) is 13.8 Å². The Bertz CT molecular complexity index is 396. The number of nitrogens with two attached hydrogens (primary N) is 1. The van der Waals surface area contributed by atoms with E-state index in [-0.39, 0.29) is 0 Å². The fourth-order valence-electron chi connectivity index (χ4n) is 1.05. The Labute approximate surface area is 63.2 Å². The lowest BCUT2D eigenvalue weighted by atomic mass is 10.4. The highest BCUT2D eigenvalue weighted by Crippen LogP contribution is 2.14. The number of H-pyrrole nitrogens is 1. The molecule has 2 aromatic rings. The topological polar surface area (TPSA) is 72.0 Å². The van der Waals surface area contributed by atoms with E-state index in [0.717, 1.165) is 11.5 Å². The Morgan fingerprint density at radius 2 is 2.18 bits per heavy atom. The van der Waals surface area contributed by atoms with Gasteiger partial charge in [0, 0.05) is 0 Å². The summed E-state index contributed by atoms with van der Waals surface area (Å²) in [7, 11) is 0. The molecule has 2 aromatic heterocycles. The van der Waals surface area contributed by atoms with Gasteiger partial charge in [-0.2, -0.15) is 4.63 Å². The SMILES string of the molecule is Cc1nc2c(N)c(C)[nH]n2n1. The van der Waals surface area contributed by atoms with Crippen LogP contribution in [-0.2, 0) is 0 Å². The Morgan fingerprint density at radius 1 is 1.45 bits per heavy atom. The molecule has 2 heterocycles. The van der Waals surface area contributed by atoms with Gasteiger partial charge >= 0.3 is 0 Å². The average molecular weight is 151 g/mol. The van der Waals surface area contributed by atoms with Gasteiger partial charge in [0.2, 0.25) is 0 Å². The van der Waals surface area contributed by atoms with Crippen LogP contribution < -0.4 is 5.73 Å². The molecule has 0 bridgehead atoms. The lowest BCUT2D eigenvalue weighted by Crippen LogP contribution is -1.87. The highest BCUT2D eigenvalue weighted by molar-refractivity contribution is 5.66. The number of rotatable bonds is 0. The molecule has 5 nitrogen and oxygen atoms in total. The first-order valence-corrected chi connectivity index (χ1v) is 3.36. The summed E-state index contributed by atoms with van der Waals surface area (Å²) >= 11 is 0. The molecule has 2 rings (SSSR count). The normalized spacial score (nSPS) is 11.1. The summed E-state index contributed by atoms with van der Waals surface area (Å²) in [5.41, 5.74) is 7.98. The van der Waals surface area contributed by atoms with Crippen molar-refractivity contribution >= 4 is 11.3 Å². The molecular weight excluding hydrogens is 142 g/mol. The molecule has 11 heavy (non-hydrogen) atoms. The molecular formula is C6H9N5. The summed E-state index contributed by atoms with van der Waals surface area (Å²) in [6, 6.07) is 0. The third-order valence-corrected chi connectivity index (χ3v) is 1.63. The van der Waals surface area contributed by atoms with Gasteiger partial charge in [0.05, 0.1) is 11.4 Å². The van der Waals surface area contributed by atoms with Gasteiger partial charge in [0.25, 0.3) is 0 Å². The molecule has 0 fully saturated rings. The Hall–Kier alpha value is -1.52. The van der Waals surface area contributed by atoms with Gasteiger partial charge in [-0.25, -0.2) is 4.98 Å². The fourth-order valence-corrected chi connectivity index (χ4v) is 1.05. The summed E-state index contributed by atoms with van der Waals surface area (Å²) in [6.07, 6.45) is 0. The standard InChI is InChI=1S/C6H9N5/c1-3-5(7)6-8-4(2)10-11(6)9-3/h9H,7H2,1-2H3. The van der Waals surface area contributed by atoms with E-state index in [1.54, 1.807) is 4.63 Å². The van der Waals surface area contributed by atoms with Crippen molar-refractivity contribution in [2.24, 2.45) is 0 Å². The molecule has 0 atom stereocenters. The van der Waals surface area contributed by atoms with E-state index in [4.69, 9.17) is 5.73 Å². The number of nitrogens with one attached hydrogen (secondary N) is 1. The van der Waals surface area contributed by atoms with Crippen LogP contribution in [-0.4, -0.2) is 19.8 Å². The van der Waals surface area contributed by atoms with Crippen molar-refractivity contribution in [3.05, 3.63) is 11.5 Å². The van der Waals surface area contributed by atoms with Gasteiger partial charge in [-0.1, -0.05) is 0 Å². The predicted molar refractivity (Wildman–Crippen MR) is 41.2 cm³/mol. The zero-order valence-corrected chi connectivity index (χ0v) is 6.42. The van der Waals surface area contributed by atoms with E-state index >= 15 is 0 Å². The number of aromatic nitrogens is 4. The Morgan fingerprint density at radius 3 is 2.82 bits per heavy atom. The first kappa shape index (κ1) is 6.21. The molecule has 0 aliphatic rings. The fraction of sp³-hybridized carbons (Fsp3) is 0.333. The van der Waals surface area contributed by atoms with Crippen LogP contribution in [0.4, 0.5) is 5.69 Å². The van der Waals surface area contributed by atoms with Crippen LogP contribution in [0.3, 0.4) is 0 Å². The van der Waals surface area contributed by atoms with Crippen LogP contribution in [0.15, 0.2) is 0 Å². The molecule has 0 aliphatic heterocycles. The van der Waals surface area contributed by atoms with Crippen molar-refractivity contribution in [1.29, 1.82) is 0 Å². The van der Waals surface area contributed by atoms with Crippen LogP contribution in [0.2, 0.25) is 0 Å². The third kappa shape index (κ3) is 0.705. The van der Waals surface area contributed by atoms with Crippen molar-refractivity contribution in [3.8, 4) is 0 Å². The van der Waals surface area contributed by atoms with Crippen LogP contribution in [0.1, 0.15) is 11.5 Å². The second-order valence-electron chi connectivity index (χ2n) is 2.54. The molecule has 5 heteroatoms. The van der Waals surface area contributed by atoms with Crippen LogP contribution in [0.5, 0.6) is 0 Å². The second-order valence-corrected chi connectivity index (χ2v) is 2.54. The lowest BCUT2D eigenvalue weighted by molar-refractivity contribution is 0.793. The second kappa shape index (κ2) is 1.75. The number of hydrogen-bond acceptors (Lipinski definition) is 3. The Balaban J connectivity index is 2.88. The van der Waals surface area contributed by atoms with E-state index < -0.39 is 0 Å². The highest BCUT2D eigenvalue weighted by Gasteiger charge is 2.07. The van der Waals surface area contributed by atoms with E-state index in [2.05, 4.69) is 15.2 Å². The summed E-state index contributed by atoms with van der Waals surface area (Å²) < 4.78 is 1.58. The van der Waals surface area contributed by atoms with E-state index in [0.29, 0.717) is 11.3 Å². The van der Waals surface area contributed by atoms with Gasteiger partial charge < -0.3 is 5.73 Å². The number of nitrogen functional groups attached to an aromatic ring is 1. The predicted octanol–water partition coefficient (Wildman–Crippen LogP) is 0.256. The van der Waals surface area contributed by atoms with Crippen molar-refractivity contribution in [2.45, 2.75) is 13.8 Å². The third-order valence-electron chi connectivity index (χ3n) is 1.63. The number of hydrogen-bond donors (Lipinski definition) is 2. The number of fused-ring (bicyclic) bond motifs is 1. The van der Waals surface area contributed by atoms with E-state index in [9.17, 15) is 0 Å². The molecule has 58 valence electrons. The maximum Gasteiger partial charge on any atom is 0.198 e. The van der Waals surface area contributed by atoms with Gasteiger partial charge in [0.1, 0.15) is 5.82 Å². The first-order chi connectivity index (χ1) is 5.18. The number of aryl methyl sites for hydroxylation is 2. The summed E-state index contributed by atoms with van der Waals surface area (Å²) in [5.74, 6) is 0.725. The first-order valence-electron chi connectivity index (χ1n) is 3.36. The zero-order valence-electron chi connectivity index (χ0n) is 6.42. The maximum absolute atomic E-state index is 5.70. The number of aromatic amines is 1. The van der Waals surface area contributed by atoms with E-state index in [1.807, 2.05) is 13.8 Å². The Kier molecular flexibility index (Phi) is 0.986. The molecule has 0 saturated carbocycles. The van der Waals surface area contributed by atoms with Gasteiger partial charge in [-0.15, -0.1) is 5.10 Å². The highest BCUT2D eigenvalue weighted by atomic mass is 15.5. The minimum atomic E-state index is 0.672. The molecule has 0 spiro atoms. The molecule has 0 unspecified atom stereocenters. The van der Waals surface area contributed by atoms with Gasteiger partial charge in [-0.3, -0.25) is 5.10 Å². The molecule has 0 radical (unpaired) electrons. The quantitative estimate of drug-likeness (QED) is 0.567. The minimum absolute atomic E-state index is 0.672. The smallest absolute Gasteiger partial charge is 0.198 e.